The number of rotatable bonds is 2. The standard InChI is InChI=1S/C19H17ClF3N3O/c1-12-3-5-13(6-4-12)17-24-9-2-10-25(24)18(27)26(17)14-7-8-16(20)15(11-14)19(21,22)23/h3-8,11,17H,2,9-10H2,1H3/t17-/m0/s1. The van der Waals surface area contributed by atoms with Crippen LogP contribution in [0.3, 0.4) is 0 Å². The summed E-state index contributed by atoms with van der Waals surface area (Å²) in [7, 11) is 0. The first kappa shape index (κ1) is 18.1. The van der Waals surface area contributed by atoms with Crippen molar-refractivity contribution in [2.24, 2.45) is 0 Å². The van der Waals surface area contributed by atoms with Crippen LogP contribution >= 0.6 is 11.6 Å². The lowest BCUT2D eigenvalue weighted by atomic mass is 10.1. The second-order valence-corrected chi connectivity index (χ2v) is 7.15. The van der Waals surface area contributed by atoms with Gasteiger partial charge in [0.2, 0.25) is 0 Å². The number of hydrogen-bond donors (Lipinski definition) is 0. The molecule has 0 radical (unpaired) electrons. The van der Waals surface area contributed by atoms with Crippen molar-refractivity contribution in [1.29, 1.82) is 0 Å². The third-order valence-electron chi connectivity index (χ3n) is 4.93. The maximum atomic E-state index is 13.3. The summed E-state index contributed by atoms with van der Waals surface area (Å²) in [5, 5.41) is 3.13. The van der Waals surface area contributed by atoms with Crippen molar-refractivity contribution in [3.63, 3.8) is 0 Å². The Hall–Kier alpha value is -2.25. The Labute approximate surface area is 159 Å². The highest BCUT2D eigenvalue weighted by atomic mass is 35.5. The van der Waals surface area contributed by atoms with Gasteiger partial charge in [-0.2, -0.15) is 18.2 Å². The number of hydrazine groups is 1. The zero-order valence-corrected chi connectivity index (χ0v) is 15.3. The van der Waals surface area contributed by atoms with E-state index in [9.17, 15) is 18.0 Å². The SMILES string of the molecule is Cc1ccc([C@@H]2N(c3ccc(Cl)c(C(F)(F)F)c3)C(=O)N3CCCN23)cc1. The Morgan fingerprint density at radius 3 is 2.44 bits per heavy atom. The van der Waals surface area contributed by atoms with Crippen LogP contribution in [0.2, 0.25) is 5.02 Å². The molecule has 2 amide bonds. The molecular formula is C19H17ClF3N3O. The summed E-state index contributed by atoms with van der Waals surface area (Å²) in [5.41, 5.74) is 1.15. The van der Waals surface area contributed by atoms with E-state index in [-0.39, 0.29) is 16.7 Å². The first-order chi connectivity index (χ1) is 12.8. The molecule has 1 atom stereocenters. The van der Waals surface area contributed by atoms with Crippen molar-refractivity contribution in [3.8, 4) is 0 Å². The average molecular weight is 396 g/mol. The van der Waals surface area contributed by atoms with Gasteiger partial charge in [0.1, 0.15) is 6.17 Å². The topological polar surface area (TPSA) is 26.8 Å². The largest absolute Gasteiger partial charge is 0.417 e. The summed E-state index contributed by atoms with van der Waals surface area (Å²) in [6.45, 7) is 3.18. The van der Waals surface area contributed by atoms with Crippen LogP contribution < -0.4 is 4.90 Å². The first-order valence-electron chi connectivity index (χ1n) is 8.58. The summed E-state index contributed by atoms with van der Waals surface area (Å²) in [6.07, 6.45) is -4.25. The van der Waals surface area contributed by atoms with Gasteiger partial charge in [0, 0.05) is 18.8 Å². The van der Waals surface area contributed by atoms with Gasteiger partial charge >= 0.3 is 12.2 Å². The van der Waals surface area contributed by atoms with Gasteiger partial charge in [-0.1, -0.05) is 41.4 Å². The van der Waals surface area contributed by atoms with E-state index in [0.29, 0.717) is 13.1 Å². The van der Waals surface area contributed by atoms with Crippen LogP contribution in [-0.4, -0.2) is 29.1 Å². The van der Waals surface area contributed by atoms with Crippen molar-refractivity contribution < 1.29 is 18.0 Å². The number of amides is 2. The third-order valence-corrected chi connectivity index (χ3v) is 5.26. The number of anilines is 1. The molecule has 142 valence electrons. The molecule has 4 nitrogen and oxygen atoms in total. The van der Waals surface area contributed by atoms with E-state index in [1.54, 1.807) is 5.01 Å². The number of fused-ring (bicyclic) bond motifs is 1. The Morgan fingerprint density at radius 2 is 1.78 bits per heavy atom. The van der Waals surface area contributed by atoms with Crippen LogP contribution in [0.15, 0.2) is 42.5 Å². The lowest BCUT2D eigenvalue weighted by Crippen LogP contribution is -2.32. The van der Waals surface area contributed by atoms with Crippen molar-refractivity contribution in [1.82, 2.24) is 10.0 Å². The van der Waals surface area contributed by atoms with Gasteiger partial charge < -0.3 is 0 Å². The zero-order chi connectivity index (χ0) is 19.3. The highest BCUT2D eigenvalue weighted by molar-refractivity contribution is 6.31. The van der Waals surface area contributed by atoms with Gasteiger partial charge in [0.25, 0.3) is 0 Å². The van der Waals surface area contributed by atoms with E-state index in [4.69, 9.17) is 11.6 Å². The fourth-order valence-electron chi connectivity index (χ4n) is 3.65. The molecule has 0 unspecified atom stereocenters. The zero-order valence-electron chi connectivity index (χ0n) is 14.5. The molecule has 4 rings (SSSR count). The minimum Gasteiger partial charge on any atom is -0.271 e. The Kier molecular flexibility index (Phi) is 4.31. The van der Waals surface area contributed by atoms with E-state index in [1.165, 1.54) is 17.0 Å². The summed E-state index contributed by atoms with van der Waals surface area (Å²) in [5.74, 6) is 0. The number of halogens is 4. The fourth-order valence-corrected chi connectivity index (χ4v) is 3.87. The molecule has 2 heterocycles. The van der Waals surface area contributed by atoms with E-state index < -0.39 is 17.9 Å². The number of alkyl halides is 3. The lowest BCUT2D eigenvalue weighted by Gasteiger charge is -2.28. The number of carbonyl (C=O) groups is 1. The van der Waals surface area contributed by atoms with Crippen LogP contribution in [0.4, 0.5) is 23.7 Å². The van der Waals surface area contributed by atoms with Crippen LogP contribution in [0, 0.1) is 6.92 Å². The summed E-state index contributed by atoms with van der Waals surface area (Å²) in [4.78, 5) is 14.4. The smallest absolute Gasteiger partial charge is 0.271 e. The van der Waals surface area contributed by atoms with Gasteiger partial charge in [-0.05, 0) is 37.1 Å². The number of benzene rings is 2. The molecule has 0 N–H and O–H groups in total. The molecule has 0 aromatic heterocycles. The van der Waals surface area contributed by atoms with Gasteiger partial charge in [0.15, 0.2) is 0 Å². The average Bonchev–Trinajstić information content (AvgIpc) is 3.18. The lowest BCUT2D eigenvalue weighted by molar-refractivity contribution is -0.137. The van der Waals surface area contributed by atoms with Gasteiger partial charge in [-0.15, -0.1) is 0 Å². The summed E-state index contributed by atoms with van der Waals surface area (Å²) in [6, 6.07) is 10.9. The number of urea groups is 1. The van der Waals surface area contributed by atoms with E-state index in [1.807, 2.05) is 36.2 Å². The molecule has 0 spiro atoms. The molecule has 2 aliphatic heterocycles. The van der Waals surface area contributed by atoms with Gasteiger partial charge in [0.05, 0.1) is 10.6 Å². The molecule has 27 heavy (non-hydrogen) atoms. The second kappa shape index (κ2) is 6.42. The minimum absolute atomic E-state index is 0.178. The second-order valence-electron chi connectivity index (χ2n) is 6.74. The minimum atomic E-state index is -4.59. The number of nitrogens with zero attached hydrogens (tertiary/aromatic N) is 3. The molecule has 0 saturated carbocycles. The predicted molar refractivity (Wildman–Crippen MR) is 96.3 cm³/mol. The highest BCUT2D eigenvalue weighted by Crippen LogP contribution is 2.43. The van der Waals surface area contributed by atoms with Crippen LogP contribution in [0.25, 0.3) is 0 Å². The van der Waals surface area contributed by atoms with Crippen molar-refractivity contribution in [3.05, 3.63) is 64.2 Å². The maximum absolute atomic E-state index is 13.3. The van der Waals surface area contributed by atoms with E-state index >= 15 is 0 Å². The molecule has 8 heteroatoms. The molecule has 2 aromatic rings. The summed E-state index contributed by atoms with van der Waals surface area (Å²) < 4.78 is 39.9. The molecule has 0 aliphatic carbocycles. The Bertz CT molecular complexity index is 885. The van der Waals surface area contributed by atoms with Crippen LogP contribution in [0.5, 0.6) is 0 Å². The van der Waals surface area contributed by atoms with Crippen molar-refractivity contribution in [2.45, 2.75) is 25.7 Å². The Balaban J connectivity index is 1.82. The molecule has 2 aromatic carbocycles. The molecule has 2 fully saturated rings. The van der Waals surface area contributed by atoms with Gasteiger partial charge in [-0.25, -0.2) is 4.79 Å². The van der Waals surface area contributed by atoms with Crippen LogP contribution in [-0.2, 0) is 6.18 Å². The Morgan fingerprint density at radius 1 is 1.07 bits per heavy atom. The molecule has 2 saturated heterocycles. The number of aryl methyl sites for hydroxylation is 1. The molecule has 2 aliphatic rings. The summed E-state index contributed by atoms with van der Waals surface area (Å²) >= 11 is 5.75. The number of hydrogen-bond acceptors (Lipinski definition) is 2. The fraction of sp³-hybridized carbons (Fsp3) is 0.316. The monoisotopic (exact) mass is 395 g/mol. The quantitative estimate of drug-likeness (QED) is 0.696. The third kappa shape index (κ3) is 3.04. The number of carbonyl (C=O) groups excluding carboxylic acids is 1. The first-order valence-corrected chi connectivity index (χ1v) is 8.96. The van der Waals surface area contributed by atoms with Crippen LogP contribution in [0.1, 0.15) is 29.3 Å². The van der Waals surface area contributed by atoms with E-state index in [2.05, 4.69) is 0 Å². The van der Waals surface area contributed by atoms with E-state index in [0.717, 1.165) is 23.6 Å². The molecular weight excluding hydrogens is 379 g/mol. The van der Waals surface area contributed by atoms with Crippen molar-refractivity contribution >= 4 is 23.3 Å². The highest BCUT2D eigenvalue weighted by Gasteiger charge is 2.48. The van der Waals surface area contributed by atoms with Gasteiger partial charge in [-0.3, -0.25) is 9.91 Å². The maximum Gasteiger partial charge on any atom is 0.417 e. The molecule has 0 bridgehead atoms. The van der Waals surface area contributed by atoms with Crippen molar-refractivity contribution in [2.75, 3.05) is 18.0 Å². The normalized spacial score (nSPS) is 20.5. The predicted octanol–water partition coefficient (Wildman–Crippen LogP) is 5.23.